The monoisotopic (exact) mass is 331 g/mol. The van der Waals surface area contributed by atoms with Crippen LogP contribution in [0.1, 0.15) is 46.5 Å². The highest BCUT2D eigenvalue weighted by molar-refractivity contribution is 5.81. The molecule has 0 saturated heterocycles. The van der Waals surface area contributed by atoms with Gasteiger partial charge in [-0.15, -0.1) is 0 Å². The lowest BCUT2D eigenvalue weighted by Gasteiger charge is -2.22. The highest BCUT2D eigenvalue weighted by Gasteiger charge is 2.18. The number of nitrogens with one attached hydrogen (secondary N) is 1. The molecule has 0 aromatic rings. The van der Waals surface area contributed by atoms with Crippen LogP contribution in [0, 0.1) is 0 Å². The van der Waals surface area contributed by atoms with Crippen molar-refractivity contribution in [2.75, 3.05) is 26.2 Å². The lowest BCUT2D eigenvalue weighted by Crippen LogP contribution is -2.42. The molecular weight excluding hydrogens is 302 g/mol. The number of carbonyl (C=O) groups excluding carboxylic acids is 2. The maximum absolute atomic E-state index is 12.0. The summed E-state index contributed by atoms with van der Waals surface area (Å²) in [5.74, 6) is -1.33. The average molecular weight is 331 g/mol. The first kappa shape index (κ1) is 21.2. The van der Waals surface area contributed by atoms with Crippen LogP contribution in [0.2, 0.25) is 0 Å². The molecule has 0 unspecified atom stereocenters. The number of unbranched alkanes of at least 4 members (excludes halogenated alkanes) is 2. The Kier molecular flexibility index (Phi) is 9.96. The van der Waals surface area contributed by atoms with Crippen molar-refractivity contribution < 1.29 is 24.2 Å². The molecule has 8 nitrogen and oxygen atoms in total. The van der Waals surface area contributed by atoms with Crippen LogP contribution in [0.5, 0.6) is 0 Å². The number of amides is 2. The fourth-order valence-electron chi connectivity index (χ4n) is 1.82. The van der Waals surface area contributed by atoms with Gasteiger partial charge in [0.25, 0.3) is 0 Å². The summed E-state index contributed by atoms with van der Waals surface area (Å²) in [7, 11) is 0. The van der Waals surface area contributed by atoms with Gasteiger partial charge in [-0.3, -0.25) is 9.59 Å². The Hall–Kier alpha value is -1.83. The lowest BCUT2D eigenvalue weighted by molar-refractivity contribution is -0.144. The summed E-state index contributed by atoms with van der Waals surface area (Å²) in [6.45, 7) is 5.69. The Morgan fingerprint density at radius 2 is 1.83 bits per heavy atom. The van der Waals surface area contributed by atoms with Gasteiger partial charge in [-0.05, 0) is 40.2 Å². The minimum absolute atomic E-state index is 0.126. The van der Waals surface area contributed by atoms with Gasteiger partial charge in [-0.2, -0.15) is 0 Å². The molecule has 4 N–H and O–H groups in total. The standard InChI is InChI=1S/C15H29N3O5/c1-15(2,3)23-14(22)17-9-10-18(11-13(20)21)12(19)7-5-4-6-8-16/h4-11,16H2,1-3H3,(H,17,22)(H,20,21). The molecular formula is C15H29N3O5. The van der Waals surface area contributed by atoms with Gasteiger partial charge in [0.15, 0.2) is 0 Å². The van der Waals surface area contributed by atoms with Crippen LogP contribution in [0.25, 0.3) is 0 Å². The number of carboxylic acids is 1. The molecule has 0 aliphatic rings. The summed E-state index contributed by atoms with van der Waals surface area (Å²) in [6.07, 6.45) is 2.03. The normalized spacial score (nSPS) is 11.0. The van der Waals surface area contributed by atoms with E-state index in [4.69, 9.17) is 15.6 Å². The van der Waals surface area contributed by atoms with E-state index < -0.39 is 17.7 Å². The first-order valence-corrected chi connectivity index (χ1v) is 7.82. The minimum atomic E-state index is -1.09. The zero-order chi connectivity index (χ0) is 17.9. The largest absolute Gasteiger partial charge is 0.480 e. The molecule has 2 amide bonds. The van der Waals surface area contributed by atoms with E-state index in [2.05, 4.69) is 5.32 Å². The van der Waals surface area contributed by atoms with Crippen LogP contribution >= 0.6 is 0 Å². The van der Waals surface area contributed by atoms with E-state index in [1.807, 2.05) is 0 Å². The molecule has 0 aliphatic heterocycles. The average Bonchev–Trinajstić information content (AvgIpc) is 2.39. The van der Waals surface area contributed by atoms with Crippen molar-refractivity contribution in [2.24, 2.45) is 5.73 Å². The van der Waals surface area contributed by atoms with Gasteiger partial charge < -0.3 is 25.8 Å². The van der Waals surface area contributed by atoms with Crippen LogP contribution in [0.4, 0.5) is 4.79 Å². The van der Waals surface area contributed by atoms with Crippen molar-refractivity contribution in [3.05, 3.63) is 0 Å². The molecule has 8 heteroatoms. The fraction of sp³-hybridized carbons (Fsp3) is 0.800. The Bertz CT molecular complexity index is 393. The third-order valence-electron chi connectivity index (χ3n) is 2.82. The number of carbonyl (C=O) groups is 3. The molecule has 0 spiro atoms. The van der Waals surface area contributed by atoms with Crippen molar-refractivity contribution in [1.29, 1.82) is 0 Å². The summed E-state index contributed by atoms with van der Waals surface area (Å²) >= 11 is 0. The summed E-state index contributed by atoms with van der Waals surface area (Å²) in [4.78, 5) is 35.6. The highest BCUT2D eigenvalue weighted by Crippen LogP contribution is 2.06. The third kappa shape index (κ3) is 12.4. The van der Waals surface area contributed by atoms with E-state index in [1.54, 1.807) is 20.8 Å². The maximum atomic E-state index is 12.0. The Morgan fingerprint density at radius 3 is 2.35 bits per heavy atom. The molecule has 0 radical (unpaired) electrons. The van der Waals surface area contributed by atoms with E-state index in [9.17, 15) is 14.4 Å². The van der Waals surface area contributed by atoms with Crippen LogP contribution < -0.4 is 11.1 Å². The number of rotatable bonds is 10. The highest BCUT2D eigenvalue weighted by atomic mass is 16.6. The SMILES string of the molecule is CC(C)(C)OC(=O)NCCN(CC(=O)O)C(=O)CCCCCN. The molecule has 134 valence electrons. The predicted molar refractivity (Wildman–Crippen MR) is 86.0 cm³/mol. The summed E-state index contributed by atoms with van der Waals surface area (Å²) in [6, 6.07) is 0. The van der Waals surface area contributed by atoms with Crippen molar-refractivity contribution in [1.82, 2.24) is 10.2 Å². The molecule has 0 aliphatic carbocycles. The van der Waals surface area contributed by atoms with Gasteiger partial charge in [0.2, 0.25) is 5.91 Å². The van der Waals surface area contributed by atoms with E-state index in [1.165, 1.54) is 4.90 Å². The number of hydrogen-bond acceptors (Lipinski definition) is 5. The van der Waals surface area contributed by atoms with Gasteiger partial charge in [0.05, 0.1) is 0 Å². The van der Waals surface area contributed by atoms with E-state index in [-0.39, 0.29) is 32.0 Å². The molecule has 0 atom stereocenters. The number of ether oxygens (including phenoxy) is 1. The van der Waals surface area contributed by atoms with Crippen LogP contribution in [-0.4, -0.2) is 59.8 Å². The number of hydrogen-bond donors (Lipinski definition) is 3. The smallest absolute Gasteiger partial charge is 0.407 e. The summed E-state index contributed by atoms with van der Waals surface area (Å²) < 4.78 is 5.07. The Labute approximate surface area is 137 Å². The molecule has 0 heterocycles. The zero-order valence-electron chi connectivity index (χ0n) is 14.3. The fourth-order valence-corrected chi connectivity index (χ4v) is 1.82. The molecule has 23 heavy (non-hydrogen) atoms. The second-order valence-corrected chi connectivity index (χ2v) is 6.24. The number of carboxylic acid groups (broad SMARTS) is 1. The number of aliphatic carboxylic acids is 1. The van der Waals surface area contributed by atoms with Crippen molar-refractivity contribution in [2.45, 2.75) is 52.1 Å². The van der Waals surface area contributed by atoms with Gasteiger partial charge in [-0.25, -0.2) is 4.79 Å². The lowest BCUT2D eigenvalue weighted by atomic mass is 10.2. The molecule has 0 aromatic carbocycles. The molecule has 0 saturated carbocycles. The first-order chi connectivity index (χ1) is 10.7. The minimum Gasteiger partial charge on any atom is -0.480 e. The van der Waals surface area contributed by atoms with Gasteiger partial charge >= 0.3 is 12.1 Å². The number of alkyl carbamates (subject to hydrolysis) is 1. The maximum Gasteiger partial charge on any atom is 0.407 e. The first-order valence-electron chi connectivity index (χ1n) is 7.82. The Balaban J connectivity index is 4.26. The predicted octanol–water partition coefficient (Wildman–Crippen LogP) is 0.943. The van der Waals surface area contributed by atoms with E-state index >= 15 is 0 Å². The molecule has 0 aromatic heterocycles. The second kappa shape index (κ2) is 10.8. The molecule has 0 fully saturated rings. The zero-order valence-corrected chi connectivity index (χ0v) is 14.3. The molecule has 0 bridgehead atoms. The quantitative estimate of drug-likeness (QED) is 0.512. The molecule has 0 rings (SSSR count). The van der Waals surface area contributed by atoms with Gasteiger partial charge in [-0.1, -0.05) is 6.42 Å². The Morgan fingerprint density at radius 1 is 1.17 bits per heavy atom. The van der Waals surface area contributed by atoms with Crippen molar-refractivity contribution in [3.8, 4) is 0 Å². The van der Waals surface area contributed by atoms with Crippen LogP contribution in [0.3, 0.4) is 0 Å². The van der Waals surface area contributed by atoms with Gasteiger partial charge in [0, 0.05) is 19.5 Å². The van der Waals surface area contributed by atoms with Crippen LogP contribution in [-0.2, 0) is 14.3 Å². The topological polar surface area (TPSA) is 122 Å². The van der Waals surface area contributed by atoms with Gasteiger partial charge in [0.1, 0.15) is 12.1 Å². The summed E-state index contributed by atoms with van der Waals surface area (Å²) in [5.41, 5.74) is 4.78. The van der Waals surface area contributed by atoms with Crippen LogP contribution in [0.15, 0.2) is 0 Å². The third-order valence-corrected chi connectivity index (χ3v) is 2.82. The number of nitrogens with zero attached hydrogens (tertiary/aromatic N) is 1. The van der Waals surface area contributed by atoms with E-state index in [0.29, 0.717) is 13.0 Å². The van der Waals surface area contributed by atoms with E-state index in [0.717, 1.165) is 12.8 Å². The second-order valence-electron chi connectivity index (χ2n) is 6.24. The summed E-state index contributed by atoms with van der Waals surface area (Å²) in [5, 5.41) is 11.4. The van der Waals surface area contributed by atoms with Crippen molar-refractivity contribution >= 4 is 18.0 Å². The number of nitrogens with two attached hydrogens (primary N) is 1. The van der Waals surface area contributed by atoms with Crippen molar-refractivity contribution in [3.63, 3.8) is 0 Å².